The summed E-state index contributed by atoms with van der Waals surface area (Å²) < 4.78 is 0. The number of H-pyrrole nitrogens is 1. The van der Waals surface area contributed by atoms with Gasteiger partial charge in [-0.05, 0) is 30.9 Å². The van der Waals surface area contributed by atoms with Gasteiger partial charge in [-0.3, -0.25) is 9.78 Å². The molecule has 0 saturated heterocycles. The molecule has 1 aromatic carbocycles. The highest BCUT2D eigenvalue weighted by Crippen LogP contribution is 2.28. The Bertz CT molecular complexity index is 816. The van der Waals surface area contributed by atoms with Crippen LogP contribution in [0.15, 0.2) is 41.5 Å². The zero-order valence-corrected chi connectivity index (χ0v) is 10.8. The lowest BCUT2D eigenvalue weighted by molar-refractivity contribution is 0.960. The van der Waals surface area contributed by atoms with Crippen LogP contribution in [0.5, 0.6) is 0 Å². The van der Waals surface area contributed by atoms with Gasteiger partial charge >= 0.3 is 0 Å². The number of benzene rings is 1. The molecule has 3 aromatic rings. The second kappa shape index (κ2) is 4.31. The Kier molecular flexibility index (Phi) is 2.63. The molecule has 0 aliphatic carbocycles. The maximum Gasteiger partial charge on any atom is 0.267 e. The molecule has 2 aromatic heterocycles. The molecule has 4 heteroatoms. The van der Waals surface area contributed by atoms with E-state index in [1.54, 1.807) is 6.20 Å². The topological polar surface area (TPSA) is 58.6 Å². The molecule has 94 valence electrons. The maximum absolute atomic E-state index is 11.6. The summed E-state index contributed by atoms with van der Waals surface area (Å²) in [4.78, 5) is 15.7. The predicted molar refractivity (Wildman–Crippen MR) is 75.1 cm³/mol. The first-order valence-corrected chi connectivity index (χ1v) is 6.07. The molecular weight excluding hydrogens is 238 g/mol. The van der Waals surface area contributed by atoms with E-state index in [-0.39, 0.29) is 5.56 Å². The van der Waals surface area contributed by atoms with Gasteiger partial charge in [0.05, 0.1) is 5.69 Å². The first-order chi connectivity index (χ1) is 9.18. The van der Waals surface area contributed by atoms with Crippen LogP contribution in [0, 0.1) is 13.8 Å². The zero-order valence-electron chi connectivity index (χ0n) is 10.8. The summed E-state index contributed by atoms with van der Waals surface area (Å²) in [5, 5.41) is 8.90. The molecule has 0 saturated carbocycles. The summed E-state index contributed by atoms with van der Waals surface area (Å²) in [6.07, 6.45) is 3.59. The second-order valence-electron chi connectivity index (χ2n) is 4.55. The van der Waals surface area contributed by atoms with Crippen LogP contribution in [-0.4, -0.2) is 15.2 Å². The summed E-state index contributed by atoms with van der Waals surface area (Å²) in [5.74, 6) is 0. The summed E-state index contributed by atoms with van der Waals surface area (Å²) >= 11 is 0. The van der Waals surface area contributed by atoms with Crippen molar-refractivity contribution in [3.8, 4) is 11.3 Å². The third-order valence-electron chi connectivity index (χ3n) is 3.46. The number of pyridine rings is 1. The van der Waals surface area contributed by atoms with Crippen molar-refractivity contribution in [3.63, 3.8) is 0 Å². The molecule has 19 heavy (non-hydrogen) atoms. The van der Waals surface area contributed by atoms with E-state index >= 15 is 0 Å². The number of hydrogen-bond acceptors (Lipinski definition) is 3. The minimum absolute atomic E-state index is 0.136. The molecule has 0 bridgehead atoms. The average Bonchev–Trinajstić information content (AvgIpc) is 2.45. The molecule has 0 amide bonds. The van der Waals surface area contributed by atoms with Crippen molar-refractivity contribution in [1.82, 2.24) is 15.2 Å². The molecule has 0 atom stereocenters. The highest BCUT2D eigenvalue weighted by molar-refractivity contribution is 5.95. The third kappa shape index (κ3) is 1.81. The summed E-state index contributed by atoms with van der Waals surface area (Å²) in [5.41, 5.74) is 3.30. The number of aromatic amines is 1. The van der Waals surface area contributed by atoms with Gasteiger partial charge < -0.3 is 0 Å². The maximum atomic E-state index is 11.6. The fourth-order valence-electron chi connectivity index (χ4n) is 2.21. The standard InChI is InChI=1S/C15H13N3O/c1-9-10(2)15(19)18-17-14(9)13-5-3-4-11-8-16-7-6-12(11)13/h3-8H,1-2H3,(H,18,19). The third-order valence-corrected chi connectivity index (χ3v) is 3.46. The number of nitrogens with one attached hydrogen (secondary N) is 1. The molecule has 0 aliphatic rings. The van der Waals surface area contributed by atoms with Gasteiger partial charge in [-0.15, -0.1) is 0 Å². The molecular formula is C15H13N3O. The van der Waals surface area contributed by atoms with Crippen molar-refractivity contribution >= 4 is 10.8 Å². The van der Waals surface area contributed by atoms with E-state index in [2.05, 4.69) is 15.2 Å². The Hall–Kier alpha value is -2.49. The second-order valence-corrected chi connectivity index (χ2v) is 4.55. The average molecular weight is 251 g/mol. The van der Waals surface area contributed by atoms with E-state index in [0.717, 1.165) is 27.6 Å². The molecule has 4 nitrogen and oxygen atoms in total. The van der Waals surface area contributed by atoms with Crippen molar-refractivity contribution < 1.29 is 0 Å². The Balaban J connectivity index is 2.37. The van der Waals surface area contributed by atoms with Gasteiger partial charge in [0.1, 0.15) is 0 Å². The van der Waals surface area contributed by atoms with E-state index in [1.807, 2.05) is 44.3 Å². The van der Waals surface area contributed by atoms with Crippen molar-refractivity contribution in [2.45, 2.75) is 13.8 Å². The molecule has 0 fully saturated rings. The molecule has 0 spiro atoms. The number of fused-ring (bicyclic) bond motifs is 1. The van der Waals surface area contributed by atoms with Crippen molar-refractivity contribution in [2.75, 3.05) is 0 Å². The highest BCUT2D eigenvalue weighted by atomic mass is 16.1. The smallest absolute Gasteiger partial charge is 0.267 e. The van der Waals surface area contributed by atoms with Gasteiger partial charge in [0, 0.05) is 28.9 Å². The van der Waals surface area contributed by atoms with Crippen LogP contribution in [0.4, 0.5) is 0 Å². The molecule has 2 heterocycles. The van der Waals surface area contributed by atoms with Crippen LogP contribution in [-0.2, 0) is 0 Å². The van der Waals surface area contributed by atoms with E-state index < -0.39 is 0 Å². The highest BCUT2D eigenvalue weighted by Gasteiger charge is 2.11. The predicted octanol–water partition coefficient (Wildman–Crippen LogP) is 2.60. The fraction of sp³-hybridized carbons (Fsp3) is 0.133. The minimum Gasteiger partial charge on any atom is -0.268 e. The van der Waals surface area contributed by atoms with E-state index in [4.69, 9.17) is 0 Å². The lowest BCUT2D eigenvalue weighted by Gasteiger charge is -2.09. The fourth-order valence-corrected chi connectivity index (χ4v) is 2.21. The van der Waals surface area contributed by atoms with E-state index in [0.29, 0.717) is 5.56 Å². The van der Waals surface area contributed by atoms with E-state index in [1.165, 1.54) is 0 Å². The SMILES string of the molecule is Cc1c(-c2cccc3cnccc23)n[nH]c(=O)c1C. The largest absolute Gasteiger partial charge is 0.268 e. The summed E-state index contributed by atoms with van der Waals surface area (Å²) in [6, 6.07) is 7.96. The van der Waals surface area contributed by atoms with Crippen molar-refractivity contribution in [1.29, 1.82) is 0 Å². The first kappa shape index (κ1) is 11.6. The number of hydrogen-bond donors (Lipinski definition) is 1. The van der Waals surface area contributed by atoms with Crippen LogP contribution in [0.3, 0.4) is 0 Å². The van der Waals surface area contributed by atoms with Gasteiger partial charge in [-0.2, -0.15) is 5.10 Å². The number of rotatable bonds is 1. The molecule has 0 radical (unpaired) electrons. The first-order valence-electron chi connectivity index (χ1n) is 6.07. The Morgan fingerprint density at radius 2 is 1.95 bits per heavy atom. The zero-order chi connectivity index (χ0) is 13.4. The molecule has 3 rings (SSSR count). The number of nitrogens with zero attached hydrogens (tertiary/aromatic N) is 2. The summed E-state index contributed by atoms with van der Waals surface area (Å²) in [6.45, 7) is 3.74. The monoisotopic (exact) mass is 251 g/mol. The lowest BCUT2D eigenvalue weighted by Crippen LogP contribution is -2.14. The van der Waals surface area contributed by atoms with Gasteiger partial charge in [-0.1, -0.05) is 18.2 Å². The molecule has 0 unspecified atom stereocenters. The Morgan fingerprint density at radius 3 is 2.79 bits per heavy atom. The van der Waals surface area contributed by atoms with Crippen LogP contribution < -0.4 is 5.56 Å². The molecule has 1 N–H and O–H groups in total. The Morgan fingerprint density at radius 1 is 1.11 bits per heavy atom. The lowest BCUT2D eigenvalue weighted by atomic mass is 9.99. The quantitative estimate of drug-likeness (QED) is 0.723. The van der Waals surface area contributed by atoms with Crippen molar-refractivity contribution in [3.05, 3.63) is 58.1 Å². The van der Waals surface area contributed by atoms with Crippen LogP contribution in [0.2, 0.25) is 0 Å². The van der Waals surface area contributed by atoms with Gasteiger partial charge in [0.25, 0.3) is 5.56 Å². The van der Waals surface area contributed by atoms with Crippen LogP contribution in [0.1, 0.15) is 11.1 Å². The Labute approximate surface area is 110 Å². The van der Waals surface area contributed by atoms with Crippen LogP contribution >= 0.6 is 0 Å². The minimum atomic E-state index is -0.136. The summed E-state index contributed by atoms with van der Waals surface area (Å²) in [7, 11) is 0. The van der Waals surface area contributed by atoms with Crippen molar-refractivity contribution in [2.24, 2.45) is 0 Å². The van der Waals surface area contributed by atoms with Gasteiger partial charge in [-0.25, -0.2) is 5.10 Å². The normalized spacial score (nSPS) is 10.8. The number of aromatic nitrogens is 3. The van der Waals surface area contributed by atoms with Crippen LogP contribution in [0.25, 0.3) is 22.0 Å². The van der Waals surface area contributed by atoms with Gasteiger partial charge in [0.15, 0.2) is 0 Å². The van der Waals surface area contributed by atoms with E-state index in [9.17, 15) is 4.79 Å². The van der Waals surface area contributed by atoms with Gasteiger partial charge in [0.2, 0.25) is 0 Å². The molecule has 0 aliphatic heterocycles.